The standard InChI is InChI=1S/C18H26N2O4/c1-18(2,3)24-16(21)15(11-13-7-5-4-6-8-13)19-14-9-10-20(12-14)17(22)23/h4-8,14-15,19H,9-12H2,1-3H3,(H,22,23). The van der Waals surface area contributed by atoms with E-state index < -0.39 is 17.7 Å². The maximum absolute atomic E-state index is 12.6. The summed E-state index contributed by atoms with van der Waals surface area (Å²) in [7, 11) is 0. The summed E-state index contributed by atoms with van der Waals surface area (Å²) in [4.78, 5) is 25.0. The summed E-state index contributed by atoms with van der Waals surface area (Å²) in [6.07, 6.45) is 0.288. The largest absolute Gasteiger partial charge is 0.465 e. The minimum Gasteiger partial charge on any atom is -0.465 e. The first-order valence-corrected chi connectivity index (χ1v) is 8.25. The Hall–Kier alpha value is -2.08. The second-order valence-electron chi connectivity index (χ2n) is 7.16. The molecule has 1 aromatic carbocycles. The topological polar surface area (TPSA) is 78.9 Å². The molecule has 1 aliphatic heterocycles. The van der Waals surface area contributed by atoms with Gasteiger partial charge in [0.2, 0.25) is 0 Å². The fraction of sp³-hybridized carbons (Fsp3) is 0.556. The van der Waals surface area contributed by atoms with Crippen LogP contribution in [-0.2, 0) is 16.0 Å². The summed E-state index contributed by atoms with van der Waals surface area (Å²) in [6, 6.07) is 9.20. The zero-order chi connectivity index (χ0) is 17.7. The van der Waals surface area contributed by atoms with Crippen LogP contribution in [0.4, 0.5) is 4.79 Å². The monoisotopic (exact) mass is 334 g/mol. The zero-order valence-electron chi connectivity index (χ0n) is 14.5. The van der Waals surface area contributed by atoms with E-state index in [1.807, 2.05) is 51.1 Å². The first kappa shape index (κ1) is 18.3. The van der Waals surface area contributed by atoms with Gasteiger partial charge in [0.05, 0.1) is 0 Å². The highest BCUT2D eigenvalue weighted by molar-refractivity contribution is 5.76. The van der Waals surface area contributed by atoms with E-state index in [9.17, 15) is 9.59 Å². The van der Waals surface area contributed by atoms with E-state index >= 15 is 0 Å². The van der Waals surface area contributed by atoms with Crippen LogP contribution in [0.3, 0.4) is 0 Å². The Bertz CT molecular complexity index is 568. The third kappa shape index (κ3) is 5.53. The summed E-state index contributed by atoms with van der Waals surface area (Å²) in [5.74, 6) is -0.305. The number of benzene rings is 1. The molecule has 0 bridgehead atoms. The second-order valence-corrected chi connectivity index (χ2v) is 7.16. The summed E-state index contributed by atoms with van der Waals surface area (Å²) in [5.41, 5.74) is 0.477. The van der Waals surface area contributed by atoms with E-state index in [2.05, 4.69) is 5.32 Å². The van der Waals surface area contributed by atoms with Gasteiger partial charge in [-0.25, -0.2) is 4.79 Å². The molecule has 1 saturated heterocycles. The highest BCUT2D eigenvalue weighted by Crippen LogP contribution is 2.15. The molecule has 1 aliphatic rings. The molecule has 0 radical (unpaired) electrons. The molecule has 0 aromatic heterocycles. The van der Waals surface area contributed by atoms with E-state index in [4.69, 9.17) is 9.84 Å². The predicted octanol–water partition coefficient (Wildman–Crippen LogP) is 2.28. The number of nitrogens with zero attached hydrogens (tertiary/aromatic N) is 1. The molecule has 1 aromatic rings. The van der Waals surface area contributed by atoms with Gasteiger partial charge in [0.15, 0.2) is 0 Å². The molecule has 6 heteroatoms. The molecule has 0 saturated carbocycles. The van der Waals surface area contributed by atoms with Gasteiger partial charge in [-0.2, -0.15) is 0 Å². The van der Waals surface area contributed by atoms with Crippen molar-refractivity contribution in [3.05, 3.63) is 35.9 Å². The van der Waals surface area contributed by atoms with Gasteiger partial charge in [-0.15, -0.1) is 0 Å². The van der Waals surface area contributed by atoms with Gasteiger partial charge in [0.25, 0.3) is 0 Å². The Morgan fingerprint density at radius 3 is 2.54 bits per heavy atom. The van der Waals surface area contributed by atoms with Crippen LogP contribution in [0.25, 0.3) is 0 Å². The van der Waals surface area contributed by atoms with Gasteiger partial charge in [0, 0.05) is 19.1 Å². The van der Waals surface area contributed by atoms with E-state index in [1.54, 1.807) is 0 Å². The number of carbonyl (C=O) groups excluding carboxylic acids is 1. The third-order valence-corrected chi connectivity index (χ3v) is 3.87. The highest BCUT2D eigenvalue weighted by atomic mass is 16.6. The zero-order valence-corrected chi connectivity index (χ0v) is 14.5. The van der Waals surface area contributed by atoms with Crippen LogP contribution < -0.4 is 5.32 Å². The number of hydrogen-bond donors (Lipinski definition) is 2. The molecule has 132 valence electrons. The molecule has 24 heavy (non-hydrogen) atoms. The van der Waals surface area contributed by atoms with Gasteiger partial charge in [-0.05, 0) is 39.2 Å². The average molecular weight is 334 g/mol. The number of ether oxygens (including phenoxy) is 1. The summed E-state index contributed by atoms with van der Waals surface area (Å²) in [6.45, 7) is 6.40. The van der Waals surface area contributed by atoms with E-state index in [1.165, 1.54) is 4.90 Å². The summed E-state index contributed by atoms with van der Waals surface area (Å²) < 4.78 is 5.53. The number of amides is 1. The molecule has 6 nitrogen and oxygen atoms in total. The van der Waals surface area contributed by atoms with Crippen molar-refractivity contribution < 1.29 is 19.4 Å². The van der Waals surface area contributed by atoms with E-state index in [0.717, 1.165) is 5.56 Å². The van der Waals surface area contributed by atoms with Crippen molar-refractivity contribution >= 4 is 12.1 Å². The number of rotatable bonds is 5. The van der Waals surface area contributed by atoms with Gasteiger partial charge in [-0.1, -0.05) is 30.3 Å². The summed E-state index contributed by atoms with van der Waals surface area (Å²) in [5, 5.41) is 12.4. The Morgan fingerprint density at radius 2 is 2.00 bits per heavy atom. The lowest BCUT2D eigenvalue weighted by atomic mass is 10.0. The molecule has 2 N–H and O–H groups in total. The van der Waals surface area contributed by atoms with Crippen LogP contribution in [0.1, 0.15) is 32.8 Å². The van der Waals surface area contributed by atoms with Crippen LogP contribution in [0.15, 0.2) is 30.3 Å². The smallest absolute Gasteiger partial charge is 0.407 e. The molecule has 1 amide bonds. The Kier molecular flexibility index (Phi) is 5.83. The van der Waals surface area contributed by atoms with Crippen molar-refractivity contribution in [2.75, 3.05) is 13.1 Å². The number of likely N-dealkylation sites (tertiary alicyclic amines) is 1. The predicted molar refractivity (Wildman–Crippen MR) is 90.9 cm³/mol. The number of esters is 1. The molecular formula is C18H26N2O4. The van der Waals surface area contributed by atoms with Crippen LogP contribution in [0.5, 0.6) is 0 Å². The lowest BCUT2D eigenvalue weighted by Crippen LogP contribution is -2.48. The van der Waals surface area contributed by atoms with Crippen LogP contribution in [0, 0.1) is 0 Å². The highest BCUT2D eigenvalue weighted by Gasteiger charge is 2.32. The van der Waals surface area contributed by atoms with Gasteiger partial charge in [-0.3, -0.25) is 10.1 Å². The number of carbonyl (C=O) groups is 2. The van der Waals surface area contributed by atoms with Gasteiger partial charge >= 0.3 is 12.1 Å². The lowest BCUT2D eigenvalue weighted by molar-refractivity contribution is -0.157. The summed E-state index contributed by atoms with van der Waals surface area (Å²) >= 11 is 0. The fourth-order valence-corrected chi connectivity index (χ4v) is 2.79. The molecule has 0 aliphatic carbocycles. The molecule has 0 spiro atoms. The molecule has 2 unspecified atom stereocenters. The van der Waals surface area contributed by atoms with Crippen molar-refractivity contribution in [3.8, 4) is 0 Å². The van der Waals surface area contributed by atoms with Crippen molar-refractivity contribution in [1.29, 1.82) is 0 Å². The Labute approximate surface area is 142 Å². The van der Waals surface area contributed by atoms with Gasteiger partial charge < -0.3 is 14.7 Å². The average Bonchev–Trinajstić information content (AvgIpc) is 2.95. The number of nitrogens with one attached hydrogen (secondary N) is 1. The van der Waals surface area contributed by atoms with Crippen molar-refractivity contribution in [3.63, 3.8) is 0 Å². The minimum atomic E-state index is -0.920. The number of carboxylic acid groups (broad SMARTS) is 1. The first-order chi connectivity index (χ1) is 11.2. The van der Waals surface area contributed by atoms with Crippen molar-refractivity contribution in [1.82, 2.24) is 10.2 Å². The van der Waals surface area contributed by atoms with Crippen LogP contribution >= 0.6 is 0 Å². The molecular weight excluding hydrogens is 308 g/mol. The molecule has 1 fully saturated rings. The quantitative estimate of drug-likeness (QED) is 0.808. The molecule has 2 atom stereocenters. The SMILES string of the molecule is CC(C)(C)OC(=O)C(Cc1ccccc1)NC1CCN(C(=O)O)C1. The third-order valence-electron chi connectivity index (χ3n) is 3.87. The molecule has 2 rings (SSSR count). The lowest BCUT2D eigenvalue weighted by Gasteiger charge is -2.26. The Balaban J connectivity index is 2.05. The van der Waals surface area contributed by atoms with Crippen LogP contribution in [0.2, 0.25) is 0 Å². The first-order valence-electron chi connectivity index (χ1n) is 8.25. The molecule has 1 heterocycles. The Morgan fingerprint density at radius 1 is 1.33 bits per heavy atom. The van der Waals surface area contributed by atoms with Crippen molar-refractivity contribution in [2.24, 2.45) is 0 Å². The second kappa shape index (κ2) is 7.66. The van der Waals surface area contributed by atoms with Gasteiger partial charge in [0.1, 0.15) is 11.6 Å². The maximum Gasteiger partial charge on any atom is 0.407 e. The van der Waals surface area contributed by atoms with Crippen LogP contribution in [-0.4, -0.2) is 52.8 Å². The minimum absolute atomic E-state index is 0.0395. The number of hydrogen-bond acceptors (Lipinski definition) is 4. The maximum atomic E-state index is 12.6. The fourth-order valence-electron chi connectivity index (χ4n) is 2.79. The normalized spacial score (nSPS) is 19.1. The van der Waals surface area contributed by atoms with E-state index in [-0.39, 0.29) is 12.0 Å². The van der Waals surface area contributed by atoms with E-state index in [0.29, 0.717) is 25.9 Å². The van der Waals surface area contributed by atoms with Crippen molar-refractivity contribution in [2.45, 2.75) is 51.3 Å².